The van der Waals surface area contributed by atoms with E-state index in [0.29, 0.717) is 41.5 Å². The summed E-state index contributed by atoms with van der Waals surface area (Å²) in [6.45, 7) is 6.66. The fourth-order valence-corrected chi connectivity index (χ4v) is 4.88. The minimum Gasteiger partial charge on any atom is -0.383 e. The van der Waals surface area contributed by atoms with Gasteiger partial charge in [-0.15, -0.1) is 0 Å². The van der Waals surface area contributed by atoms with E-state index in [4.69, 9.17) is 10.8 Å². The number of pyridine rings is 1. The SMILES string of the molecule is C=CC(=O)N1CC[C@H](n2nc(C#Cc3cc4ncn(C5CC5)c4cc3F)c3c(N)ncc(C)c32)C1. The highest BCUT2D eigenvalue weighted by Crippen LogP contribution is 2.37. The molecule has 35 heavy (non-hydrogen) atoms. The molecular formula is C26H24FN7O. The van der Waals surface area contributed by atoms with Gasteiger partial charge < -0.3 is 15.2 Å². The van der Waals surface area contributed by atoms with Crippen LogP contribution < -0.4 is 5.73 Å². The zero-order valence-corrected chi connectivity index (χ0v) is 19.3. The number of nitrogens with two attached hydrogens (primary N) is 1. The number of carbonyl (C=O) groups is 1. The minimum absolute atomic E-state index is 0.0306. The molecule has 0 bridgehead atoms. The highest BCUT2D eigenvalue weighted by Gasteiger charge is 2.30. The molecule has 1 aliphatic heterocycles. The molecule has 1 saturated carbocycles. The Labute approximate surface area is 201 Å². The molecule has 4 heterocycles. The van der Waals surface area contributed by atoms with E-state index in [0.717, 1.165) is 35.9 Å². The quantitative estimate of drug-likeness (QED) is 0.366. The summed E-state index contributed by atoms with van der Waals surface area (Å²) in [5.41, 5.74) is 10.2. The van der Waals surface area contributed by atoms with Gasteiger partial charge in [0, 0.05) is 31.4 Å². The molecule has 0 radical (unpaired) electrons. The van der Waals surface area contributed by atoms with Crippen LogP contribution >= 0.6 is 0 Å². The number of rotatable bonds is 3. The number of hydrogen-bond donors (Lipinski definition) is 1. The summed E-state index contributed by atoms with van der Waals surface area (Å²) in [6.07, 6.45) is 7.75. The molecule has 4 aromatic rings. The first kappa shape index (κ1) is 21.4. The summed E-state index contributed by atoms with van der Waals surface area (Å²) < 4.78 is 18.9. The fourth-order valence-electron chi connectivity index (χ4n) is 4.88. The highest BCUT2D eigenvalue weighted by atomic mass is 19.1. The van der Waals surface area contributed by atoms with Crippen LogP contribution in [-0.4, -0.2) is 48.2 Å². The fraction of sp³-hybridized carbons (Fsp3) is 0.308. The smallest absolute Gasteiger partial charge is 0.246 e. The second-order valence-electron chi connectivity index (χ2n) is 9.23. The van der Waals surface area contributed by atoms with Gasteiger partial charge in [-0.2, -0.15) is 5.10 Å². The Balaban J connectivity index is 1.42. The van der Waals surface area contributed by atoms with Gasteiger partial charge in [0.15, 0.2) is 0 Å². The zero-order valence-electron chi connectivity index (χ0n) is 19.3. The highest BCUT2D eigenvalue weighted by molar-refractivity contribution is 5.95. The number of likely N-dealkylation sites (tertiary alicyclic amines) is 1. The molecule has 2 fully saturated rings. The number of nitrogen functional groups attached to an aromatic ring is 1. The number of anilines is 1. The summed E-state index contributed by atoms with van der Waals surface area (Å²) in [4.78, 5) is 22.6. The molecule has 3 aromatic heterocycles. The second kappa shape index (κ2) is 7.94. The zero-order chi connectivity index (χ0) is 24.3. The number of halogens is 1. The molecule has 1 aromatic carbocycles. The summed E-state index contributed by atoms with van der Waals surface area (Å²) in [6, 6.07) is 3.57. The van der Waals surface area contributed by atoms with E-state index < -0.39 is 5.82 Å². The van der Waals surface area contributed by atoms with E-state index in [9.17, 15) is 9.18 Å². The Hall–Kier alpha value is -4.19. The van der Waals surface area contributed by atoms with Gasteiger partial charge >= 0.3 is 0 Å². The summed E-state index contributed by atoms with van der Waals surface area (Å²) >= 11 is 0. The standard InChI is InChI=1S/C26H24FN7O/c1-3-23(35)32-9-8-18(13-32)34-25-15(2)12-29-26(28)24(25)20(31-34)7-4-16-10-21-22(11-19(16)27)33(14-30-21)17-5-6-17/h3,10-12,14,17-18H,1,5-6,8-9,13H2,2H3,(H2,28,29)/t18-/m0/s1. The minimum atomic E-state index is -0.396. The van der Waals surface area contributed by atoms with Crippen LogP contribution in [0.3, 0.4) is 0 Å². The van der Waals surface area contributed by atoms with E-state index in [1.165, 1.54) is 12.1 Å². The summed E-state index contributed by atoms with van der Waals surface area (Å²) in [5, 5.41) is 5.42. The number of amides is 1. The van der Waals surface area contributed by atoms with Crippen LogP contribution in [0.15, 0.2) is 37.3 Å². The third-order valence-corrected chi connectivity index (χ3v) is 6.85. The van der Waals surface area contributed by atoms with Crippen LogP contribution in [0.1, 0.15) is 48.2 Å². The van der Waals surface area contributed by atoms with E-state index in [1.807, 2.05) is 16.2 Å². The molecular weight excluding hydrogens is 445 g/mol. The van der Waals surface area contributed by atoms with Gasteiger partial charge in [0.2, 0.25) is 5.91 Å². The van der Waals surface area contributed by atoms with Gasteiger partial charge in [-0.05, 0) is 49.8 Å². The average Bonchev–Trinajstić information content (AvgIpc) is 3.26. The van der Waals surface area contributed by atoms with Crippen molar-refractivity contribution in [1.82, 2.24) is 29.2 Å². The Morgan fingerprint density at radius 1 is 1.23 bits per heavy atom. The van der Waals surface area contributed by atoms with Gasteiger partial charge in [-0.3, -0.25) is 9.48 Å². The van der Waals surface area contributed by atoms with Crippen molar-refractivity contribution in [2.75, 3.05) is 18.8 Å². The van der Waals surface area contributed by atoms with Crippen LogP contribution in [0, 0.1) is 24.6 Å². The van der Waals surface area contributed by atoms with Gasteiger partial charge in [-0.1, -0.05) is 12.5 Å². The second-order valence-corrected chi connectivity index (χ2v) is 9.23. The lowest BCUT2D eigenvalue weighted by molar-refractivity contribution is -0.125. The molecule has 9 heteroatoms. The van der Waals surface area contributed by atoms with Crippen molar-refractivity contribution in [3.63, 3.8) is 0 Å². The molecule has 2 aliphatic rings. The number of aromatic nitrogens is 5. The van der Waals surface area contributed by atoms with Crippen molar-refractivity contribution in [3.8, 4) is 11.8 Å². The van der Waals surface area contributed by atoms with E-state index in [-0.39, 0.29) is 17.5 Å². The first-order valence-corrected chi connectivity index (χ1v) is 11.7. The van der Waals surface area contributed by atoms with Crippen molar-refractivity contribution in [3.05, 3.63) is 59.9 Å². The largest absolute Gasteiger partial charge is 0.383 e. The van der Waals surface area contributed by atoms with Gasteiger partial charge in [-0.25, -0.2) is 14.4 Å². The van der Waals surface area contributed by atoms with Gasteiger partial charge in [0.25, 0.3) is 0 Å². The molecule has 6 rings (SSSR count). The Morgan fingerprint density at radius 2 is 2.06 bits per heavy atom. The van der Waals surface area contributed by atoms with Crippen LogP contribution in [0.2, 0.25) is 0 Å². The van der Waals surface area contributed by atoms with Crippen LogP contribution in [-0.2, 0) is 4.79 Å². The summed E-state index contributed by atoms with van der Waals surface area (Å²) in [5.74, 6) is 5.80. The number of fused-ring (bicyclic) bond motifs is 2. The first-order chi connectivity index (χ1) is 16.9. The van der Waals surface area contributed by atoms with Crippen molar-refractivity contribution in [2.45, 2.75) is 38.3 Å². The summed E-state index contributed by atoms with van der Waals surface area (Å²) in [7, 11) is 0. The molecule has 1 aliphatic carbocycles. The molecule has 1 amide bonds. The van der Waals surface area contributed by atoms with E-state index >= 15 is 0 Å². The number of benzene rings is 1. The Bertz CT molecular complexity index is 1580. The van der Waals surface area contributed by atoms with Gasteiger partial charge in [0.05, 0.1) is 39.9 Å². The molecule has 0 unspecified atom stereocenters. The molecule has 1 saturated heterocycles. The maximum Gasteiger partial charge on any atom is 0.246 e. The van der Waals surface area contributed by atoms with Crippen molar-refractivity contribution in [2.24, 2.45) is 0 Å². The number of nitrogens with zero attached hydrogens (tertiary/aromatic N) is 6. The molecule has 176 valence electrons. The molecule has 1 atom stereocenters. The Morgan fingerprint density at radius 3 is 2.83 bits per heavy atom. The predicted octanol–water partition coefficient (Wildman–Crippen LogP) is 3.50. The van der Waals surface area contributed by atoms with Crippen molar-refractivity contribution >= 4 is 33.7 Å². The van der Waals surface area contributed by atoms with Crippen LogP contribution in [0.5, 0.6) is 0 Å². The number of hydrogen-bond acceptors (Lipinski definition) is 5. The predicted molar refractivity (Wildman–Crippen MR) is 131 cm³/mol. The third kappa shape index (κ3) is 3.53. The molecule has 2 N–H and O–H groups in total. The number of carbonyl (C=O) groups excluding carboxylic acids is 1. The maximum atomic E-state index is 15.0. The van der Waals surface area contributed by atoms with Crippen LogP contribution in [0.4, 0.5) is 10.2 Å². The van der Waals surface area contributed by atoms with Crippen molar-refractivity contribution in [1.29, 1.82) is 0 Å². The van der Waals surface area contributed by atoms with E-state index in [1.54, 1.807) is 23.5 Å². The molecule has 8 nitrogen and oxygen atoms in total. The third-order valence-electron chi connectivity index (χ3n) is 6.85. The number of imidazole rings is 1. The van der Waals surface area contributed by atoms with Crippen molar-refractivity contribution < 1.29 is 9.18 Å². The lowest BCUT2D eigenvalue weighted by atomic mass is 10.1. The first-order valence-electron chi connectivity index (χ1n) is 11.7. The lowest BCUT2D eigenvalue weighted by Crippen LogP contribution is -2.27. The van der Waals surface area contributed by atoms with Gasteiger partial charge in [0.1, 0.15) is 17.3 Å². The maximum absolute atomic E-state index is 15.0. The topological polar surface area (TPSA) is 94.9 Å². The van der Waals surface area contributed by atoms with Crippen LogP contribution in [0.25, 0.3) is 21.9 Å². The molecule has 0 spiro atoms. The lowest BCUT2D eigenvalue weighted by Gasteiger charge is -2.15. The monoisotopic (exact) mass is 469 g/mol. The average molecular weight is 470 g/mol. The number of aryl methyl sites for hydroxylation is 1. The Kier molecular flexibility index (Phi) is 4.85. The normalized spacial score (nSPS) is 17.7. The van der Waals surface area contributed by atoms with E-state index in [2.05, 4.69) is 28.4 Å².